The molecule has 24 heavy (non-hydrogen) atoms. The number of hydrogen-bond acceptors (Lipinski definition) is 4. The maximum atomic E-state index is 12.3. The average molecular weight is 341 g/mol. The van der Waals surface area contributed by atoms with Crippen LogP contribution in [-0.4, -0.2) is 22.3 Å². The quantitative estimate of drug-likeness (QED) is 0.740. The number of nitrogens with one attached hydrogen (secondary N) is 1. The summed E-state index contributed by atoms with van der Waals surface area (Å²) < 4.78 is 7.53. The second-order valence-electron chi connectivity index (χ2n) is 5.45. The van der Waals surface area contributed by atoms with Crippen molar-refractivity contribution < 1.29 is 9.53 Å². The van der Waals surface area contributed by atoms with E-state index in [0.717, 1.165) is 26.8 Å². The third-order valence-corrected chi connectivity index (χ3v) is 4.78. The van der Waals surface area contributed by atoms with Crippen molar-refractivity contribution in [3.05, 3.63) is 64.1 Å². The van der Waals surface area contributed by atoms with Crippen LogP contribution in [0, 0.1) is 13.8 Å². The summed E-state index contributed by atoms with van der Waals surface area (Å²) in [5.74, 6) is 0.628. The molecule has 0 aliphatic rings. The Morgan fingerprint density at radius 2 is 2.17 bits per heavy atom. The molecule has 3 rings (SSSR count). The smallest absolute Gasteiger partial charge is 0.265 e. The summed E-state index contributed by atoms with van der Waals surface area (Å²) in [6.07, 6.45) is 3.63. The van der Waals surface area contributed by atoms with Crippen LogP contribution in [0.2, 0.25) is 0 Å². The van der Waals surface area contributed by atoms with Gasteiger partial charge in [0, 0.05) is 29.0 Å². The highest BCUT2D eigenvalue weighted by atomic mass is 32.1. The standard InChI is InChI=1S/C18H19N3O2S/c1-13-11-17(24-14(13)2)18(22)20-15-5-3-6-16(12-15)23-10-9-21-8-4-7-19-21/h3-8,11-12H,9-10H2,1-2H3,(H,20,22). The zero-order valence-electron chi connectivity index (χ0n) is 13.7. The Morgan fingerprint density at radius 1 is 1.29 bits per heavy atom. The fraction of sp³-hybridized carbons (Fsp3) is 0.222. The number of nitrogens with zero attached hydrogens (tertiary/aromatic N) is 2. The van der Waals surface area contributed by atoms with E-state index in [0.29, 0.717) is 13.2 Å². The van der Waals surface area contributed by atoms with E-state index in [1.807, 2.05) is 61.1 Å². The summed E-state index contributed by atoms with van der Waals surface area (Å²) in [5.41, 5.74) is 1.86. The van der Waals surface area contributed by atoms with Crippen LogP contribution >= 0.6 is 11.3 Å². The van der Waals surface area contributed by atoms with Gasteiger partial charge in [0.2, 0.25) is 0 Å². The number of amides is 1. The minimum Gasteiger partial charge on any atom is -0.492 e. The molecule has 0 fully saturated rings. The van der Waals surface area contributed by atoms with Crippen molar-refractivity contribution in [2.45, 2.75) is 20.4 Å². The fourth-order valence-electron chi connectivity index (χ4n) is 2.23. The molecule has 0 bridgehead atoms. The Kier molecular flexibility index (Phi) is 4.96. The number of aryl methyl sites for hydroxylation is 2. The Labute approximate surface area is 144 Å². The lowest BCUT2D eigenvalue weighted by atomic mass is 10.2. The first-order chi connectivity index (χ1) is 11.6. The molecule has 6 heteroatoms. The Balaban J connectivity index is 1.59. The van der Waals surface area contributed by atoms with Gasteiger partial charge >= 0.3 is 0 Å². The molecule has 3 aromatic rings. The second kappa shape index (κ2) is 7.31. The van der Waals surface area contributed by atoms with E-state index in [1.54, 1.807) is 6.20 Å². The second-order valence-corrected chi connectivity index (χ2v) is 6.71. The lowest BCUT2D eigenvalue weighted by Gasteiger charge is -2.09. The average Bonchev–Trinajstić information content (AvgIpc) is 3.18. The zero-order valence-corrected chi connectivity index (χ0v) is 14.5. The molecule has 0 saturated carbocycles. The van der Waals surface area contributed by atoms with Crippen molar-refractivity contribution in [1.29, 1.82) is 0 Å². The van der Waals surface area contributed by atoms with Crippen molar-refractivity contribution in [3.63, 3.8) is 0 Å². The lowest BCUT2D eigenvalue weighted by molar-refractivity contribution is 0.103. The zero-order chi connectivity index (χ0) is 16.9. The Hall–Kier alpha value is -2.60. The number of aromatic nitrogens is 2. The molecule has 5 nitrogen and oxygen atoms in total. The van der Waals surface area contributed by atoms with Crippen LogP contribution in [0.25, 0.3) is 0 Å². The molecule has 0 atom stereocenters. The Morgan fingerprint density at radius 3 is 2.88 bits per heavy atom. The van der Waals surface area contributed by atoms with E-state index >= 15 is 0 Å². The summed E-state index contributed by atoms with van der Waals surface area (Å²) in [6.45, 7) is 5.22. The van der Waals surface area contributed by atoms with Gasteiger partial charge in [0.05, 0.1) is 11.4 Å². The Bertz CT molecular complexity index is 805. The number of hydrogen-bond donors (Lipinski definition) is 1. The molecule has 1 amide bonds. The van der Waals surface area contributed by atoms with Gasteiger partial charge in [-0.25, -0.2) is 0 Å². The molecule has 0 aliphatic carbocycles. The summed E-state index contributed by atoms with van der Waals surface area (Å²) in [5, 5.41) is 7.04. The number of anilines is 1. The van der Waals surface area contributed by atoms with Crippen LogP contribution in [0.15, 0.2) is 48.8 Å². The molecule has 2 aromatic heterocycles. The van der Waals surface area contributed by atoms with E-state index in [1.165, 1.54) is 11.3 Å². The minimum atomic E-state index is -0.0927. The van der Waals surface area contributed by atoms with E-state index in [4.69, 9.17) is 4.74 Å². The maximum absolute atomic E-state index is 12.3. The number of thiophene rings is 1. The molecule has 1 N–H and O–H groups in total. The van der Waals surface area contributed by atoms with E-state index < -0.39 is 0 Å². The number of carbonyl (C=O) groups is 1. The normalized spacial score (nSPS) is 10.6. The third-order valence-electron chi connectivity index (χ3n) is 3.63. The van der Waals surface area contributed by atoms with Crippen molar-refractivity contribution in [2.75, 3.05) is 11.9 Å². The van der Waals surface area contributed by atoms with Gasteiger partial charge in [0.15, 0.2) is 0 Å². The van der Waals surface area contributed by atoms with Gasteiger partial charge in [-0.1, -0.05) is 6.07 Å². The first-order valence-electron chi connectivity index (χ1n) is 7.70. The first-order valence-corrected chi connectivity index (χ1v) is 8.52. The largest absolute Gasteiger partial charge is 0.492 e. The highest BCUT2D eigenvalue weighted by molar-refractivity contribution is 7.14. The van der Waals surface area contributed by atoms with Crippen molar-refractivity contribution in [1.82, 2.24) is 9.78 Å². The van der Waals surface area contributed by atoms with Gasteiger partial charge < -0.3 is 10.1 Å². The molecular weight excluding hydrogens is 322 g/mol. The number of ether oxygens (including phenoxy) is 1. The third kappa shape index (κ3) is 4.02. The number of carbonyl (C=O) groups excluding carboxylic acids is 1. The molecule has 124 valence electrons. The van der Waals surface area contributed by atoms with E-state index in [9.17, 15) is 4.79 Å². The van der Waals surface area contributed by atoms with Crippen LogP contribution in [0.3, 0.4) is 0 Å². The number of rotatable bonds is 6. The van der Waals surface area contributed by atoms with Gasteiger partial charge in [-0.3, -0.25) is 9.48 Å². The number of benzene rings is 1. The highest BCUT2D eigenvalue weighted by Crippen LogP contribution is 2.23. The fourth-order valence-corrected chi connectivity index (χ4v) is 3.16. The molecule has 1 aromatic carbocycles. The van der Waals surface area contributed by atoms with Crippen LogP contribution in [0.1, 0.15) is 20.1 Å². The first kappa shape index (κ1) is 16.3. The van der Waals surface area contributed by atoms with Crippen LogP contribution in [-0.2, 0) is 6.54 Å². The van der Waals surface area contributed by atoms with E-state index in [2.05, 4.69) is 10.4 Å². The summed E-state index contributed by atoms with van der Waals surface area (Å²) >= 11 is 1.51. The molecule has 0 saturated heterocycles. The molecule has 0 aliphatic heterocycles. The lowest BCUT2D eigenvalue weighted by Crippen LogP contribution is -2.11. The molecule has 0 radical (unpaired) electrons. The summed E-state index contributed by atoms with van der Waals surface area (Å²) in [6, 6.07) is 11.2. The topological polar surface area (TPSA) is 56.1 Å². The van der Waals surface area contributed by atoms with Gasteiger partial charge in [0.25, 0.3) is 5.91 Å². The van der Waals surface area contributed by atoms with Gasteiger partial charge in [-0.05, 0) is 43.7 Å². The van der Waals surface area contributed by atoms with Crippen molar-refractivity contribution in [3.8, 4) is 5.75 Å². The van der Waals surface area contributed by atoms with Gasteiger partial charge in [0.1, 0.15) is 12.4 Å². The van der Waals surface area contributed by atoms with Crippen molar-refractivity contribution in [2.24, 2.45) is 0 Å². The molecular formula is C18H19N3O2S. The van der Waals surface area contributed by atoms with Crippen LogP contribution < -0.4 is 10.1 Å². The minimum absolute atomic E-state index is 0.0927. The molecule has 2 heterocycles. The van der Waals surface area contributed by atoms with E-state index in [-0.39, 0.29) is 5.91 Å². The maximum Gasteiger partial charge on any atom is 0.265 e. The summed E-state index contributed by atoms with van der Waals surface area (Å²) in [4.78, 5) is 14.2. The van der Waals surface area contributed by atoms with Gasteiger partial charge in [-0.15, -0.1) is 11.3 Å². The van der Waals surface area contributed by atoms with Crippen LogP contribution in [0.5, 0.6) is 5.75 Å². The summed E-state index contributed by atoms with van der Waals surface area (Å²) in [7, 11) is 0. The van der Waals surface area contributed by atoms with Crippen LogP contribution in [0.4, 0.5) is 5.69 Å². The monoisotopic (exact) mass is 341 g/mol. The predicted octanol–water partition coefficient (Wildman–Crippen LogP) is 3.89. The highest BCUT2D eigenvalue weighted by Gasteiger charge is 2.11. The molecule has 0 unspecified atom stereocenters. The van der Waals surface area contributed by atoms with Gasteiger partial charge in [-0.2, -0.15) is 5.10 Å². The molecule has 0 spiro atoms. The SMILES string of the molecule is Cc1cc(C(=O)Nc2cccc(OCCn3cccn3)c2)sc1C. The van der Waals surface area contributed by atoms with Crippen molar-refractivity contribution >= 4 is 22.9 Å². The predicted molar refractivity (Wildman–Crippen MR) is 95.9 cm³/mol.